The fraction of sp³-hybridized carbons (Fsp3) is 0.263. The van der Waals surface area contributed by atoms with Gasteiger partial charge in [0.1, 0.15) is 12.2 Å². The number of benzene rings is 2. The highest BCUT2D eigenvalue weighted by atomic mass is 32.2. The van der Waals surface area contributed by atoms with Crippen LogP contribution in [-0.4, -0.2) is 24.9 Å². The Kier molecular flexibility index (Phi) is 5.98. The molecule has 1 N–H and O–H groups in total. The Morgan fingerprint density at radius 1 is 1.15 bits per heavy atom. The van der Waals surface area contributed by atoms with Crippen LogP contribution in [0.15, 0.2) is 57.9 Å². The Balaban J connectivity index is 1.79. The van der Waals surface area contributed by atoms with E-state index in [2.05, 4.69) is 4.99 Å². The maximum Gasteiger partial charge on any atom is 0.353 e. The molecule has 0 saturated carbocycles. The molecule has 0 radical (unpaired) electrons. The van der Waals surface area contributed by atoms with Crippen molar-refractivity contribution >= 4 is 33.1 Å². The van der Waals surface area contributed by atoms with Crippen molar-refractivity contribution in [1.82, 2.24) is 0 Å². The SMILES string of the molecule is O=S(=O)(O)CCCC[n+]1c(CC=Nc2ccccc2)oc2ccc(F)cc21. The molecule has 142 valence electrons. The van der Waals surface area contributed by atoms with E-state index in [1.165, 1.54) is 12.1 Å². The minimum atomic E-state index is -3.98. The highest BCUT2D eigenvalue weighted by Gasteiger charge is 2.22. The summed E-state index contributed by atoms with van der Waals surface area (Å²) in [7, 11) is -3.98. The van der Waals surface area contributed by atoms with Crippen molar-refractivity contribution in [2.45, 2.75) is 25.8 Å². The van der Waals surface area contributed by atoms with E-state index < -0.39 is 10.1 Å². The Morgan fingerprint density at radius 2 is 1.93 bits per heavy atom. The first-order chi connectivity index (χ1) is 12.9. The zero-order chi connectivity index (χ0) is 19.3. The van der Waals surface area contributed by atoms with Gasteiger partial charge in [-0.15, -0.1) is 0 Å². The molecule has 0 saturated heterocycles. The summed E-state index contributed by atoms with van der Waals surface area (Å²) in [6.07, 6.45) is 2.92. The normalized spacial score (nSPS) is 12.2. The highest BCUT2D eigenvalue weighted by molar-refractivity contribution is 7.85. The van der Waals surface area contributed by atoms with E-state index in [-0.39, 0.29) is 11.6 Å². The van der Waals surface area contributed by atoms with Gasteiger partial charge in [0.2, 0.25) is 5.58 Å². The van der Waals surface area contributed by atoms with Gasteiger partial charge < -0.3 is 4.42 Å². The first-order valence-corrected chi connectivity index (χ1v) is 10.2. The van der Waals surface area contributed by atoms with Crippen LogP contribution in [-0.2, 0) is 23.1 Å². The molecule has 0 aliphatic carbocycles. The van der Waals surface area contributed by atoms with Gasteiger partial charge in [-0.05, 0) is 30.7 Å². The predicted octanol–water partition coefficient (Wildman–Crippen LogP) is 3.47. The molecule has 0 atom stereocenters. The quantitative estimate of drug-likeness (QED) is 0.276. The van der Waals surface area contributed by atoms with Gasteiger partial charge in [0.15, 0.2) is 6.54 Å². The number of aryl methyl sites for hydroxylation is 1. The first kappa shape index (κ1) is 19.2. The van der Waals surface area contributed by atoms with Crippen LogP contribution in [0.25, 0.3) is 11.1 Å². The molecule has 0 spiro atoms. The molecule has 0 amide bonds. The number of fused-ring (bicyclic) bond motifs is 1. The van der Waals surface area contributed by atoms with Crippen LogP contribution in [0.2, 0.25) is 0 Å². The number of oxazole rings is 1. The number of unbranched alkanes of at least 4 members (excludes halogenated alkanes) is 1. The fourth-order valence-electron chi connectivity index (χ4n) is 2.80. The number of rotatable bonds is 8. The molecule has 1 aromatic heterocycles. The lowest BCUT2D eigenvalue weighted by molar-refractivity contribution is -0.683. The molecule has 6 nitrogen and oxygen atoms in total. The van der Waals surface area contributed by atoms with Crippen molar-refractivity contribution in [2.24, 2.45) is 4.99 Å². The van der Waals surface area contributed by atoms with Gasteiger partial charge in [0.05, 0.1) is 11.4 Å². The van der Waals surface area contributed by atoms with Gasteiger partial charge in [0, 0.05) is 18.7 Å². The summed E-state index contributed by atoms with van der Waals surface area (Å²) in [5, 5.41) is 0. The van der Waals surface area contributed by atoms with Crippen LogP contribution in [0.5, 0.6) is 0 Å². The number of hydrogen-bond acceptors (Lipinski definition) is 4. The average molecular weight is 391 g/mol. The van der Waals surface area contributed by atoms with Crippen molar-refractivity contribution in [3.05, 3.63) is 60.2 Å². The maximum absolute atomic E-state index is 13.7. The van der Waals surface area contributed by atoms with Crippen LogP contribution in [0.1, 0.15) is 18.7 Å². The van der Waals surface area contributed by atoms with Gasteiger partial charge >= 0.3 is 5.89 Å². The Morgan fingerprint density at radius 3 is 2.67 bits per heavy atom. The lowest BCUT2D eigenvalue weighted by Crippen LogP contribution is -2.37. The summed E-state index contributed by atoms with van der Waals surface area (Å²) in [5.41, 5.74) is 1.97. The predicted molar refractivity (Wildman–Crippen MR) is 100 cm³/mol. The van der Waals surface area contributed by atoms with E-state index in [4.69, 9.17) is 8.97 Å². The van der Waals surface area contributed by atoms with E-state index >= 15 is 0 Å². The van der Waals surface area contributed by atoms with Gasteiger partial charge in [-0.3, -0.25) is 9.55 Å². The number of para-hydroxylation sites is 1. The fourth-order valence-corrected chi connectivity index (χ4v) is 3.37. The van der Waals surface area contributed by atoms with Crippen molar-refractivity contribution in [3.8, 4) is 0 Å². The summed E-state index contributed by atoms with van der Waals surface area (Å²) in [6.45, 7) is 0.445. The molecule has 8 heteroatoms. The molecule has 0 aliphatic heterocycles. The van der Waals surface area contributed by atoms with E-state index in [0.29, 0.717) is 42.8 Å². The molecule has 2 aromatic carbocycles. The number of aliphatic imine (C=N–C) groups is 1. The number of aromatic nitrogens is 1. The summed E-state index contributed by atoms with van der Waals surface area (Å²) in [5.74, 6) is -0.0793. The van der Waals surface area contributed by atoms with Crippen LogP contribution in [0, 0.1) is 5.82 Å². The Bertz CT molecular complexity index is 1050. The van der Waals surface area contributed by atoms with Gasteiger partial charge in [0.25, 0.3) is 15.6 Å². The first-order valence-electron chi connectivity index (χ1n) is 8.56. The monoisotopic (exact) mass is 391 g/mol. The third-order valence-corrected chi connectivity index (χ3v) is 4.84. The molecular formula is C19H20FN2O4S+. The van der Waals surface area contributed by atoms with Crippen LogP contribution in [0.4, 0.5) is 10.1 Å². The maximum atomic E-state index is 13.7. The van der Waals surface area contributed by atoms with E-state index in [0.717, 1.165) is 5.69 Å². The van der Waals surface area contributed by atoms with Gasteiger partial charge in [-0.1, -0.05) is 18.2 Å². The van der Waals surface area contributed by atoms with E-state index in [1.807, 2.05) is 34.9 Å². The Labute approximate surface area is 156 Å². The molecule has 0 bridgehead atoms. The number of hydrogen-bond donors (Lipinski definition) is 1. The molecule has 1 heterocycles. The second-order valence-corrected chi connectivity index (χ2v) is 7.68. The second-order valence-electron chi connectivity index (χ2n) is 6.10. The third-order valence-electron chi connectivity index (χ3n) is 4.04. The number of nitrogens with zero attached hydrogens (tertiary/aromatic N) is 2. The van der Waals surface area contributed by atoms with E-state index in [1.54, 1.807) is 12.3 Å². The minimum absolute atomic E-state index is 0.297. The lowest BCUT2D eigenvalue weighted by Gasteiger charge is -1.98. The molecule has 3 aromatic rings. The standard InChI is InChI=1S/C19H19FN2O4S/c20-15-8-9-18-17(14-15)22(12-4-5-13-27(23,24)25)19(26-18)10-11-21-16-6-2-1-3-7-16/h1-3,6-9,11,14H,4-5,10,12-13H2/p+1. The van der Waals surface area contributed by atoms with Crippen molar-refractivity contribution in [3.63, 3.8) is 0 Å². The lowest BCUT2D eigenvalue weighted by atomic mass is 10.3. The number of halogens is 1. The molecule has 0 fully saturated rings. The molecule has 3 rings (SSSR count). The second kappa shape index (κ2) is 8.41. The van der Waals surface area contributed by atoms with Crippen LogP contribution < -0.4 is 4.57 Å². The summed E-state index contributed by atoms with van der Waals surface area (Å²) in [6, 6.07) is 13.8. The van der Waals surface area contributed by atoms with Gasteiger partial charge in [-0.2, -0.15) is 13.0 Å². The van der Waals surface area contributed by atoms with Gasteiger partial charge in [-0.25, -0.2) is 4.39 Å². The highest BCUT2D eigenvalue weighted by Crippen LogP contribution is 2.16. The summed E-state index contributed by atoms with van der Waals surface area (Å²) < 4.78 is 51.9. The largest absolute Gasteiger partial charge is 0.401 e. The van der Waals surface area contributed by atoms with E-state index in [9.17, 15) is 12.8 Å². The van der Waals surface area contributed by atoms with Crippen molar-refractivity contribution < 1.29 is 26.3 Å². The molecular weight excluding hydrogens is 371 g/mol. The Hall–Kier alpha value is -2.58. The zero-order valence-electron chi connectivity index (χ0n) is 14.6. The minimum Gasteiger partial charge on any atom is -0.401 e. The molecule has 27 heavy (non-hydrogen) atoms. The third kappa shape index (κ3) is 5.45. The topological polar surface area (TPSA) is 83.8 Å². The summed E-state index contributed by atoms with van der Waals surface area (Å²) >= 11 is 0. The van der Waals surface area contributed by atoms with Crippen molar-refractivity contribution in [2.75, 3.05) is 5.75 Å². The van der Waals surface area contributed by atoms with Crippen LogP contribution >= 0.6 is 0 Å². The van der Waals surface area contributed by atoms with Crippen LogP contribution in [0.3, 0.4) is 0 Å². The molecule has 0 aliphatic rings. The zero-order valence-corrected chi connectivity index (χ0v) is 15.4. The molecule has 0 unspecified atom stereocenters. The average Bonchev–Trinajstić information content (AvgIpc) is 2.96. The van der Waals surface area contributed by atoms with Crippen molar-refractivity contribution in [1.29, 1.82) is 0 Å². The smallest absolute Gasteiger partial charge is 0.353 e. The summed E-state index contributed by atoms with van der Waals surface area (Å²) in [4.78, 5) is 4.37.